The van der Waals surface area contributed by atoms with E-state index in [0.717, 1.165) is 62.2 Å². The van der Waals surface area contributed by atoms with Crippen molar-refractivity contribution in [3.05, 3.63) is 35.1 Å². The summed E-state index contributed by atoms with van der Waals surface area (Å²) in [6.07, 6.45) is 5.82. The monoisotopic (exact) mass is 381 g/mol. The van der Waals surface area contributed by atoms with Gasteiger partial charge in [0.15, 0.2) is 0 Å². The van der Waals surface area contributed by atoms with Gasteiger partial charge in [0, 0.05) is 43.7 Å². The predicted molar refractivity (Wildman–Crippen MR) is 106 cm³/mol. The number of aryl methyl sites for hydroxylation is 2. The first-order valence-corrected chi connectivity index (χ1v) is 10.2. The van der Waals surface area contributed by atoms with Gasteiger partial charge in [-0.1, -0.05) is 0 Å². The zero-order valence-electron chi connectivity index (χ0n) is 16.3. The molecule has 0 saturated carbocycles. The third kappa shape index (κ3) is 4.21. The number of fused-ring (bicyclic) bond motifs is 2. The molecule has 4 rings (SSSR count). The minimum Gasteiger partial charge on any atom is -0.464 e. The lowest BCUT2D eigenvalue weighted by molar-refractivity contribution is -0.130. The minimum absolute atomic E-state index is 0.0618. The summed E-state index contributed by atoms with van der Waals surface area (Å²) in [6, 6.07) is 6.50. The Bertz CT molecular complexity index is 877. The molecule has 148 valence electrons. The first kappa shape index (κ1) is 19.0. The van der Waals surface area contributed by atoms with Crippen LogP contribution in [0.5, 0.6) is 0 Å². The molecule has 0 N–H and O–H groups in total. The van der Waals surface area contributed by atoms with Crippen LogP contribution in [0.2, 0.25) is 0 Å². The van der Waals surface area contributed by atoms with E-state index in [4.69, 9.17) is 14.4 Å². The Kier molecular flexibility index (Phi) is 5.94. The Morgan fingerprint density at radius 3 is 2.75 bits per heavy atom. The zero-order chi connectivity index (χ0) is 19.3. The van der Waals surface area contributed by atoms with E-state index >= 15 is 0 Å². The SMILES string of the molecule is N#CCCN(CCN1CCOCC1)C(=O)Cc1coc2cc3c(cc12)CCC3. The number of morpholine rings is 1. The van der Waals surface area contributed by atoms with Crippen LogP contribution < -0.4 is 0 Å². The molecule has 28 heavy (non-hydrogen) atoms. The van der Waals surface area contributed by atoms with E-state index in [0.29, 0.717) is 25.9 Å². The van der Waals surface area contributed by atoms with Gasteiger partial charge < -0.3 is 14.1 Å². The van der Waals surface area contributed by atoms with Crippen LogP contribution in [-0.4, -0.2) is 61.6 Å². The molecule has 0 unspecified atom stereocenters. The van der Waals surface area contributed by atoms with Crippen molar-refractivity contribution in [2.24, 2.45) is 0 Å². The van der Waals surface area contributed by atoms with Gasteiger partial charge in [-0.05, 0) is 42.5 Å². The number of nitriles is 1. The van der Waals surface area contributed by atoms with Crippen molar-refractivity contribution in [2.45, 2.75) is 32.1 Å². The topological polar surface area (TPSA) is 69.7 Å². The highest BCUT2D eigenvalue weighted by molar-refractivity contribution is 5.88. The van der Waals surface area contributed by atoms with Gasteiger partial charge in [0.05, 0.1) is 38.4 Å². The predicted octanol–water partition coefficient (Wildman–Crippen LogP) is 2.54. The number of hydrogen-bond donors (Lipinski definition) is 0. The molecular formula is C22H27N3O3. The van der Waals surface area contributed by atoms with Crippen LogP contribution in [0.4, 0.5) is 0 Å². The van der Waals surface area contributed by atoms with E-state index in [2.05, 4.69) is 23.1 Å². The highest BCUT2D eigenvalue weighted by Crippen LogP contribution is 2.30. The molecule has 6 nitrogen and oxygen atoms in total. The van der Waals surface area contributed by atoms with Crippen LogP contribution >= 0.6 is 0 Å². The van der Waals surface area contributed by atoms with E-state index in [1.807, 2.05) is 4.90 Å². The van der Waals surface area contributed by atoms with Gasteiger partial charge in [-0.25, -0.2) is 0 Å². The number of benzene rings is 1. The van der Waals surface area contributed by atoms with Crippen LogP contribution in [-0.2, 0) is 28.8 Å². The summed E-state index contributed by atoms with van der Waals surface area (Å²) < 4.78 is 11.1. The van der Waals surface area contributed by atoms with Gasteiger partial charge in [0.25, 0.3) is 0 Å². The van der Waals surface area contributed by atoms with E-state index in [1.165, 1.54) is 17.5 Å². The number of ether oxygens (including phenoxy) is 1. The summed E-state index contributed by atoms with van der Waals surface area (Å²) >= 11 is 0. The van der Waals surface area contributed by atoms with Crippen LogP contribution in [0.15, 0.2) is 22.8 Å². The lowest BCUT2D eigenvalue weighted by atomic mass is 10.0. The zero-order valence-corrected chi connectivity index (χ0v) is 16.3. The van der Waals surface area contributed by atoms with Crippen molar-refractivity contribution in [2.75, 3.05) is 45.9 Å². The van der Waals surface area contributed by atoms with Crippen LogP contribution in [0.25, 0.3) is 11.0 Å². The Morgan fingerprint density at radius 2 is 1.96 bits per heavy atom. The Balaban J connectivity index is 1.44. The summed E-state index contributed by atoms with van der Waals surface area (Å²) in [5, 5.41) is 10.0. The molecule has 2 aromatic rings. The van der Waals surface area contributed by atoms with E-state index in [-0.39, 0.29) is 5.91 Å². The van der Waals surface area contributed by atoms with Gasteiger partial charge in [-0.15, -0.1) is 0 Å². The summed E-state index contributed by atoms with van der Waals surface area (Å²) in [6.45, 7) is 5.24. The lowest BCUT2D eigenvalue weighted by Crippen LogP contribution is -2.43. The molecule has 0 atom stereocenters. The molecule has 0 radical (unpaired) electrons. The highest BCUT2D eigenvalue weighted by Gasteiger charge is 2.20. The maximum absolute atomic E-state index is 13.0. The van der Waals surface area contributed by atoms with Crippen molar-refractivity contribution in [3.8, 4) is 6.07 Å². The smallest absolute Gasteiger partial charge is 0.227 e. The molecule has 1 amide bonds. The molecule has 1 aliphatic carbocycles. The second-order valence-electron chi connectivity index (χ2n) is 7.65. The molecule has 1 aliphatic heterocycles. The molecule has 1 aromatic carbocycles. The fraction of sp³-hybridized carbons (Fsp3) is 0.545. The van der Waals surface area contributed by atoms with Gasteiger partial charge in [0.1, 0.15) is 5.58 Å². The van der Waals surface area contributed by atoms with Crippen molar-refractivity contribution in [1.82, 2.24) is 9.80 Å². The largest absolute Gasteiger partial charge is 0.464 e. The van der Waals surface area contributed by atoms with Crippen molar-refractivity contribution in [3.63, 3.8) is 0 Å². The number of carbonyl (C=O) groups is 1. The Labute approximate surface area is 165 Å². The number of amides is 1. The summed E-state index contributed by atoms with van der Waals surface area (Å²) in [5.41, 5.74) is 4.58. The van der Waals surface area contributed by atoms with Crippen LogP contribution in [0, 0.1) is 11.3 Å². The minimum atomic E-state index is 0.0618. The number of furan rings is 1. The number of rotatable bonds is 7. The quantitative estimate of drug-likeness (QED) is 0.737. The first-order chi connectivity index (χ1) is 13.7. The van der Waals surface area contributed by atoms with Crippen LogP contribution in [0.3, 0.4) is 0 Å². The van der Waals surface area contributed by atoms with Crippen molar-refractivity contribution >= 4 is 16.9 Å². The lowest BCUT2D eigenvalue weighted by Gasteiger charge is -2.29. The highest BCUT2D eigenvalue weighted by atomic mass is 16.5. The Morgan fingerprint density at radius 1 is 1.18 bits per heavy atom. The van der Waals surface area contributed by atoms with Gasteiger partial charge in [0.2, 0.25) is 5.91 Å². The normalized spacial score (nSPS) is 16.8. The van der Waals surface area contributed by atoms with Crippen molar-refractivity contribution < 1.29 is 13.9 Å². The first-order valence-electron chi connectivity index (χ1n) is 10.2. The molecule has 1 fully saturated rings. The molecule has 2 heterocycles. The van der Waals surface area contributed by atoms with Gasteiger partial charge >= 0.3 is 0 Å². The van der Waals surface area contributed by atoms with E-state index < -0.39 is 0 Å². The maximum atomic E-state index is 13.0. The average molecular weight is 381 g/mol. The molecule has 1 saturated heterocycles. The molecule has 0 bridgehead atoms. The molecule has 0 spiro atoms. The number of carbonyl (C=O) groups excluding carboxylic acids is 1. The van der Waals surface area contributed by atoms with Crippen molar-refractivity contribution in [1.29, 1.82) is 5.26 Å². The fourth-order valence-corrected chi connectivity index (χ4v) is 4.19. The summed E-state index contributed by atoms with van der Waals surface area (Å²) in [7, 11) is 0. The third-order valence-corrected chi connectivity index (χ3v) is 5.85. The molecule has 6 heteroatoms. The van der Waals surface area contributed by atoms with E-state index in [1.54, 1.807) is 6.26 Å². The molecular weight excluding hydrogens is 354 g/mol. The second kappa shape index (κ2) is 8.76. The van der Waals surface area contributed by atoms with Gasteiger partial charge in [-0.2, -0.15) is 5.26 Å². The summed E-state index contributed by atoms with van der Waals surface area (Å²) in [5.74, 6) is 0.0618. The van der Waals surface area contributed by atoms with Gasteiger partial charge in [-0.3, -0.25) is 9.69 Å². The molecule has 1 aromatic heterocycles. The standard InChI is InChI=1S/C22H27N3O3/c23-5-2-6-25(8-7-24-9-11-27-12-10-24)22(26)15-19-16-28-21-14-18-4-1-3-17(18)13-20(19)21/h13-14,16H,1-4,6-12,15H2. The Hall–Kier alpha value is -2.36. The second-order valence-corrected chi connectivity index (χ2v) is 7.65. The maximum Gasteiger partial charge on any atom is 0.227 e. The number of nitrogens with zero attached hydrogens (tertiary/aromatic N) is 3. The number of hydrogen-bond acceptors (Lipinski definition) is 5. The third-order valence-electron chi connectivity index (χ3n) is 5.85. The van der Waals surface area contributed by atoms with Crippen LogP contribution in [0.1, 0.15) is 29.5 Å². The fourth-order valence-electron chi connectivity index (χ4n) is 4.19. The average Bonchev–Trinajstić information content (AvgIpc) is 3.33. The molecule has 2 aliphatic rings. The van der Waals surface area contributed by atoms with E-state index in [9.17, 15) is 4.79 Å². The summed E-state index contributed by atoms with van der Waals surface area (Å²) in [4.78, 5) is 17.1.